The molecule has 2 aromatic rings. The van der Waals surface area contributed by atoms with Crippen LogP contribution < -0.4 is 5.73 Å². The zero-order valence-corrected chi connectivity index (χ0v) is 12.4. The zero-order valence-electron chi connectivity index (χ0n) is 10.7. The van der Waals surface area contributed by atoms with Crippen LogP contribution in [0.3, 0.4) is 0 Å². The molecule has 0 spiro atoms. The minimum absolute atomic E-state index is 0.133. The van der Waals surface area contributed by atoms with E-state index in [2.05, 4.69) is 0 Å². The van der Waals surface area contributed by atoms with Crippen molar-refractivity contribution in [3.8, 4) is 0 Å². The van der Waals surface area contributed by atoms with Gasteiger partial charge in [0.2, 0.25) is 0 Å². The van der Waals surface area contributed by atoms with Crippen molar-refractivity contribution in [3.63, 3.8) is 0 Å². The fourth-order valence-corrected chi connectivity index (χ4v) is 4.60. The van der Waals surface area contributed by atoms with E-state index < -0.39 is 15.1 Å². The van der Waals surface area contributed by atoms with Gasteiger partial charge in [-0.25, -0.2) is 8.42 Å². The molecule has 0 aliphatic rings. The average molecular weight is 295 g/mol. The van der Waals surface area contributed by atoms with Crippen molar-refractivity contribution in [1.82, 2.24) is 0 Å². The van der Waals surface area contributed by atoms with Gasteiger partial charge in [0, 0.05) is 17.8 Å². The second-order valence-corrected chi connectivity index (χ2v) is 7.68. The van der Waals surface area contributed by atoms with Crippen molar-refractivity contribution in [3.05, 3.63) is 52.2 Å². The molecule has 2 rings (SSSR count). The fourth-order valence-electron chi connectivity index (χ4n) is 1.94. The molecule has 0 bridgehead atoms. The van der Waals surface area contributed by atoms with E-state index in [0.717, 1.165) is 10.4 Å². The monoisotopic (exact) mass is 295 g/mol. The van der Waals surface area contributed by atoms with Crippen LogP contribution >= 0.6 is 11.3 Å². The lowest BCUT2D eigenvalue weighted by Crippen LogP contribution is -2.31. The molecule has 1 aromatic carbocycles. The van der Waals surface area contributed by atoms with Crippen LogP contribution in [0.15, 0.2) is 46.7 Å². The number of hydrogen-bond donors (Lipinski definition) is 1. The van der Waals surface area contributed by atoms with Gasteiger partial charge in [-0.2, -0.15) is 0 Å². The number of hydrogen-bond acceptors (Lipinski definition) is 4. The van der Waals surface area contributed by atoms with Gasteiger partial charge < -0.3 is 5.73 Å². The summed E-state index contributed by atoms with van der Waals surface area (Å²) in [5.74, 6) is 0. The van der Waals surface area contributed by atoms with E-state index in [-0.39, 0.29) is 6.54 Å². The summed E-state index contributed by atoms with van der Waals surface area (Å²) in [5, 5.41) is 1.42. The molecule has 1 heterocycles. The van der Waals surface area contributed by atoms with E-state index in [1.165, 1.54) is 0 Å². The SMILES string of the molecule is Cc1ccsc1CC(CN)S(=O)(=O)c1ccccc1. The molecule has 1 unspecified atom stereocenters. The maximum atomic E-state index is 12.5. The summed E-state index contributed by atoms with van der Waals surface area (Å²) in [5.41, 5.74) is 6.82. The zero-order chi connectivity index (χ0) is 13.9. The Labute approximate surface area is 118 Å². The van der Waals surface area contributed by atoms with Crippen LogP contribution in [0.1, 0.15) is 10.4 Å². The van der Waals surface area contributed by atoms with Gasteiger partial charge in [0.05, 0.1) is 10.1 Å². The smallest absolute Gasteiger partial charge is 0.182 e. The average Bonchev–Trinajstić information content (AvgIpc) is 2.82. The lowest BCUT2D eigenvalue weighted by atomic mass is 10.2. The molecule has 0 saturated heterocycles. The highest BCUT2D eigenvalue weighted by molar-refractivity contribution is 7.92. The van der Waals surface area contributed by atoms with Gasteiger partial charge in [0.25, 0.3) is 0 Å². The molecule has 2 N–H and O–H groups in total. The van der Waals surface area contributed by atoms with Gasteiger partial charge in [0.1, 0.15) is 0 Å². The Morgan fingerprint density at radius 1 is 1.21 bits per heavy atom. The van der Waals surface area contributed by atoms with Crippen LogP contribution in [0.2, 0.25) is 0 Å². The van der Waals surface area contributed by atoms with E-state index in [0.29, 0.717) is 11.3 Å². The molecule has 3 nitrogen and oxygen atoms in total. The summed E-state index contributed by atoms with van der Waals surface area (Å²) in [7, 11) is -3.36. The number of thiophene rings is 1. The summed E-state index contributed by atoms with van der Waals surface area (Å²) in [6, 6.07) is 10.5. The number of benzene rings is 1. The highest BCUT2D eigenvalue weighted by Gasteiger charge is 2.27. The molecule has 1 atom stereocenters. The minimum Gasteiger partial charge on any atom is -0.329 e. The number of aryl methyl sites for hydroxylation is 1. The molecule has 0 aliphatic heterocycles. The maximum Gasteiger partial charge on any atom is 0.182 e. The molecule has 0 aliphatic carbocycles. The van der Waals surface area contributed by atoms with E-state index in [1.54, 1.807) is 41.7 Å². The van der Waals surface area contributed by atoms with Gasteiger partial charge in [0.15, 0.2) is 9.84 Å². The molecule has 0 saturated carbocycles. The first-order valence-electron chi connectivity index (χ1n) is 6.07. The lowest BCUT2D eigenvalue weighted by Gasteiger charge is -2.15. The normalized spacial score (nSPS) is 13.4. The molecule has 0 radical (unpaired) electrons. The van der Waals surface area contributed by atoms with Crippen molar-refractivity contribution in [2.24, 2.45) is 5.73 Å². The van der Waals surface area contributed by atoms with Gasteiger partial charge in [-0.1, -0.05) is 18.2 Å². The van der Waals surface area contributed by atoms with E-state index in [4.69, 9.17) is 5.73 Å². The van der Waals surface area contributed by atoms with Crippen LogP contribution in [0.5, 0.6) is 0 Å². The minimum atomic E-state index is -3.36. The molecule has 0 amide bonds. The molecule has 102 valence electrons. The summed E-state index contributed by atoms with van der Waals surface area (Å²) in [4.78, 5) is 1.44. The Hall–Kier alpha value is -1.17. The highest BCUT2D eigenvalue weighted by Crippen LogP contribution is 2.23. The molecular weight excluding hydrogens is 278 g/mol. The van der Waals surface area contributed by atoms with Gasteiger partial charge in [-0.05, 0) is 36.1 Å². The Bertz CT molecular complexity index is 632. The molecular formula is C14H17NO2S2. The first kappa shape index (κ1) is 14.2. The topological polar surface area (TPSA) is 60.2 Å². The summed E-state index contributed by atoms with van der Waals surface area (Å²) in [6.07, 6.45) is 0.483. The van der Waals surface area contributed by atoms with E-state index in [9.17, 15) is 8.42 Å². The van der Waals surface area contributed by atoms with Crippen LogP contribution in [-0.4, -0.2) is 20.2 Å². The van der Waals surface area contributed by atoms with Crippen LogP contribution in [0.25, 0.3) is 0 Å². The van der Waals surface area contributed by atoms with Gasteiger partial charge >= 0.3 is 0 Å². The van der Waals surface area contributed by atoms with Crippen molar-refractivity contribution < 1.29 is 8.42 Å². The number of nitrogens with two attached hydrogens (primary N) is 1. The van der Waals surface area contributed by atoms with E-state index in [1.807, 2.05) is 18.4 Å². The Morgan fingerprint density at radius 2 is 1.89 bits per heavy atom. The summed E-state index contributed by atoms with van der Waals surface area (Å²) >= 11 is 1.58. The first-order valence-corrected chi connectivity index (χ1v) is 8.50. The lowest BCUT2D eigenvalue weighted by molar-refractivity contribution is 0.578. The first-order chi connectivity index (χ1) is 9.05. The standard InChI is InChI=1S/C14H17NO2S2/c1-11-7-8-18-14(11)9-13(10-15)19(16,17)12-5-3-2-4-6-12/h2-8,13H,9-10,15H2,1H3. The largest absolute Gasteiger partial charge is 0.329 e. The number of sulfone groups is 1. The predicted octanol–water partition coefficient (Wildman–Crippen LogP) is 2.40. The number of rotatable bonds is 5. The molecule has 0 fully saturated rings. The van der Waals surface area contributed by atoms with Crippen LogP contribution in [0, 0.1) is 6.92 Å². The van der Waals surface area contributed by atoms with Crippen molar-refractivity contribution in [2.45, 2.75) is 23.5 Å². The summed E-state index contributed by atoms with van der Waals surface area (Å²) < 4.78 is 25.1. The second kappa shape index (κ2) is 5.86. The van der Waals surface area contributed by atoms with Gasteiger partial charge in [-0.3, -0.25) is 0 Å². The predicted molar refractivity (Wildman–Crippen MR) is 79.2 cm³/mol. The molecule has 1 aromatic heterocycles. The highest BCUT2D eigenvalue weighted by atomic mass is 32.2. The van der Waals surface area contributed by atoms with Gasteiger partial charge in [-0.15, -0.1) is 11.3 Å². The van der Waals surface area contributed by atoms with E-state index >= 15 is 0 Å². The second-order valence-electron chi connectivity index (χ2n) is 4.45. The van der Waals surface area contributed by atoms with Crippen LogP contribution in [0.4, 0.5) is 0 Å². The maximum absolute atomic E-state index is 12.5. The Kier molecular flexibility index (Phi) is 4.39. The van der Waals surface area contributed by atoms with Crippen molar-refractivity contribution >= 4 is 21.2 Å². The molecule has 5 heteroatoms. The molecule has 19 heavy (non-hydrogen) atoms. The third-order valence-electron chi connectivity index (χ3n) is 3.15. The third kappa shape index (κ3) is 3.05. The Balaban J connectivity index is 2.30. The fraction of sp³-hybridized carbons (Fsp3) is 0.286. The quantitative estimate of drug-likeness (QED) is 0.921. The van der Waals surface area contributed by atoms with Crippen molar-refractivity contribution in [2.75, 3.05) is 6.54 Å². The van der Waals surface area contributed by atoms with Crippen molar-refractivity contribution in [1.29, 1.82) is 0 Å². The Morgan fingerprint density at radius 3 is 2.42 bits per heavy atom. The summed E-state index contributed by atoms with van der Waals surface area (Å²) in [6.45, 7) is 2.13. The van der Waals surface area contributed by atoms with Crippen LogP contribution in [-0.2, 0) is 16.3 Å². The third-order valence-corrected chi connectivity index (χ3v) is 6.37.